The Hall–Kier alpha value is -6.94. The number of rotatable bonds is 12. The average Bonchev–Trinajstić information content (AvgIpc) is 3.23. The van der Waals surface area contributed by atoms with E-state index in [9.17, 15) is 29.4 Å². The second-order valence-electron chi connectivity index (χ2n) is 17.7. The first-order chi connectivity index (χ1) is 29.1. The Morgan fingerprint density at radius 2 is 0.885 bits per heavy atom. The number of aliphatic imine (C=N–C) groups is 2. The van der Waals surface area contributed by atoms with Crippen molar-refractivity contribution in [3.05, 3.63) is 130 Å². The predicted octanol–water partition coefficient (Wildman–Crippen LogP) is 9.81. The maximum atomic E-state index is 13.4. The van der Waals surface area contributed by atoms with Gasteiger partial charge in [-0.3, -0.25) is 39.0 Å². The molecule has 2 aliphatic heterocycles. The summed E-state index contributed by atoms with van der Waals surface area (Å²) in [7, 11) is 0. The molecule has 10 heteroatoms. The highest BCUT2D eigenvalue weighted by Crippen LogP contribution is 2.39. The molecule has 4 amide bonds. The molecule has 6 aromatic carbocycles. The minimum absolute atomic E-state index is 0.0678. The van der Waals surface area contributed by atoms with Gasteiger partial charge < -0.3 is 10.2 Å². The third-order valence-corrected chi connectivity index (χ3v) is 11.3. The van der Waals surface area contributed by atoms with Gasteiger partial charge in [-0.05, 0) is 93.4 Å². The van der Waals surface area contributed by atoms with Gasteiger partial charge in [0.1, 0.15) is 11.5 Å². The molecule has 0 aliphatic carbocycles. The summed E-state index contributed by atoms with van der Waals surface area (Å²) in [4.78, 5) is 65.9. The molecule has 61 heavy (non-hydrogen) atoms. The van der Waals surface area contributed by atoms with Crippen LogP contribution in [0.4, 0.5) is 0 Å². The Kier molecular flexibility index (Phi) is 10.6. The Morgan fingerprint density at radius 1 is 0.525 bits per heavy atom. The van der Waals surface area contributed by atoms with E-state index in [2.05, 4.69) is 0 Å². The molecular weight excluding hydrogens is 765 g/mol. The molecule has 0 atom stereocenters. The van der Waals surface area contributed by atoms with E-state index in [-0.39, 0.29) is 52.4 Å². The van der Waals surface area contributed by atoms with E-state index in [4.69, 9.17) is 9.98 Å². The van der Waals surface area contributed by atoms with Gasteiger partial charge in [0, 0.05) is 88.2 Å². The van der Waals surface area contributed by atoms with Crippen LogP contribution in [0.1, 0.15) is 94.1 Å². The van der Waals surface area contributed by atoms with Gasteiger partial charge in [0.05, 0.1) is 0 Å². The fraction of sp³-hybridized carbons (Fsp3) is 0.255. The molecule has 2 aliphatic rings. The number of carbonyl (C=O) groups excluding carboxylic acids is 4. The number of carbonyl (C=O) groups is 4. The average molecular weight is 813 g/mol. The van der Waals surface area contributed by atoms with Crippen molar-refractivity contribution in [2.45, 2.75) is 41.5 Å². The smallest absolute Gasteiger partial charge is 0.261 e. The van der Waals surface area contributed by atoms with Crippen molar-refractivity contribution in [1.29, 1.82) is 0 Å². The van der Waals surface area contributed by atoms with Crippen LogP contribution in [0, 0.1) is 17.3 Å². The first-order valence-electron chi connectivity index (χ1n) is 20.6. The van der Waals surface area contributed by atoms with Gasteiger partial charge >= 0.3 is 0 Å². The second kappa shape index (κ2) is 15.9. The number of hydrogen-bond donors (Lipinski definition) is 2. The topological polar surface area (TPSA) is 140 Å². The van der Waals surface area contributed by atoms with Gasteiger partial charge in [0.15, 0.2) is 0 Å². The lowest BCUT2D eigenvalue weighted by Crippen LogP contribution is -2.42. The highest BCUT2D eigenvalue weighted by atomic mass is 16.3. The Morgan fingerprint density at radius 3 is 1.26 bits per heavy atom. The normalized spacial score (nSPS) is 14.4. The van der Waals surface area contributed by atoms with Crippen molar-refractivity contribution in [3.8, 4) is 33.8 Å². The Balaban J connectivity index is 0.991. The minimum atomic E-state index is -0.384. The van der Waals surface area contributed by atoms with E-state index >= 15 is 0 Å². The molecule has 2 heterocycles. The van der Waals surface area contributed by atoms with E-state index in [1.54, 1.807) is 48.8 Å². The summed E-state index contributed by atoms with van der Waals surface area (Å²) >= 11 is 0. The summed E-state index contributed by atoms with van der Waals surface area (Å²) < 4.78 is 0. The number of hydrogen-bond acceptors (Lipinski definition) is 8. The molecule has 0 unspecified atom stereocenters. The van der Waals surface area contributed by atoms with Crippen LogP contribution in [0.15, 0.2) is 107 Å². The highest BCUT2D eigenvalue weighted by Gasteiger charge is 2.35. The largest absolute Gasteiger partial charge is 0.507 e. The highest BCUT2D eigenvalue weighted by molar-refractivity contribution is 6.28. The van der Waals surface area contributed by atoms with E-state index in [0.717, 1.165) is 33.0 Å². The molecule has 0 spiro atoms. The number of phenols is 2. The zero-order valence-corrected chi connectivity index (χ0v) is 35.2. The lowest BCUT2D eigenvalue weighted by Gasteiger charge is -2.29. The van der Waals surface area contributed by atoms with Crippen LogP contribution in [0.3, 0.4) is 0 Å². The monoisotopic (exact) mass is 812 g/mol. The van der Waals surface area contributed by atoms with Crippen molar-refractivity contribution in [3.63, 3.8) is 0 Å². The van der Waals surface area contributed by atoms with Gasteiger partial charge in [-0.15, -0.1) is 0 Å². The van der Waals surface area contributed by atoms with E-state index in [1.807, 2.05) is 102 Å². The van der Waals surface area contributed by atoms with Crippen LogP contribution < -0.4 is 0 Å². The number of benzene rings is 6. The molecule has 2 N–H and O–H groups in total. The predicted molar refractivity (Wildman–Crippen MR) is 241 cm³/mol. The molecule has 0 fully saturated rings. The van der Waals surface area contributed by atoms with Crippen LogP contribution in [-0.4, -0.2) is 82.2 Å². The first-order valence-corrected chi connectivity index (χ1v) is 20.6. The van der Waals surface area contributed by atoms with E-state index < -0.39 is 0 Å². The molecule has 0 aromatic heterocycles. The summed E-state index contributed by atoms with van der Waals surface area (Å²) in [6, 6.07) is 29.0. The number of amides is 4. The molecule has 0 radical (unpaired) electrons. The van der Waals surface area contributed by atoms with Crippen molar-refractivity contribution in [2.24, 2.45) is 27.2 Å². The molecular formula is C51H48N4O6. The third-order valence-electron chi connectivity index (χ3n) is 11.3. The Labute approximate surface area is 354 Å². The van der Waals surface area contributed by atoms with Crippen molar-refractivity contribution in [2.75, 3.05) is 26.2 Å². The molecule has 6 aromatic rings. The third kappa shape index (κ3) is 7.58. The molecule has 10 nitrogen and oxygen atoms in total. The second-order valence-corrected chi connectivity index (χ2v) is 17.7. The summed E-state index contributed by atoms with van der Waals surface area (Å²) in [6.07, 6.45) is 3.29. The number of nitrogens with zero attached hydrogens (tertiary/aromatic N) is 4. The Bertz CT molecular complexity index is 2630. The maximum absolute atomic E-state index is 13.4. The maximum Gasteiger partial charge on any atom is 0.261 e. The van der Waals surface area contributed by atoms with Gasteiger partial charge in [0.2, 0.25) is 0 Å². The van der Waals surface area contributed by atoms with Crippen LogP contribution in [0.5, 0.6) is 11.5 Å². The van der Waals surface area contributed by atoms with Gasteiger partial charge in [0.25, 0.3) is 23.6 Å². The summed E-state index contributed by atoms with van der Waals surface area (Å²) in [5.41, 5.74) is 5.94. The zero-order valence-electron chi connectivity index (χ0n) is 35.2. The number of imide groups is 2. The lowest BCUT2D eigenvalue weighted by atomic mass is 9.88. The molecule has 8 rings (SSSR count). The minimum Gasteiger partial charge on any atom is -0.507 e. The van der Waals surface area contributed by atoms with Crippen LogP contribution in [0.2, 0.25) is 0 Å². The number of phenolic OH excluding ortho intramolecular Hbond substituents is 2. The number of aromatic hydroxyl groups is 2. The van der Waals surface area contributed by atoms with Crippen LogP contribution in [-0.2, 0) is 0 Å². The molecule has 0 saturated carbocycles. The van der Waals surface area contributed by atoms with Gasteiger partial charge in [-0.1, -0.05) is 90.1 Å². The van der Waals surface area contributed by atoms with E-state index in [1.165, 1.54) is 9.80 Å². The quantitative estimate of drug-likeness (QED) is 0.0932. The first kappa shape index (κ1) is 40.8. The molecule has 308 valence electrons. The SMILES string of the molecule is CC(C)CN1C(=O)c2cccc3c(-c4ccc(O)c(C=NCC(C)(C)CN=Cc5cc(-c6ccc7c8c(cccc68)C(=O)N(CC(C)C)C7=O)ccc5O)c4)ccc(c23)C1=O. The fourth-order valence-corrected chi connectivity index (χ4v) is 8.34. The van der Waals surface area contributed by atoms with Crippen molar-refractivity contribution in [1.82, 2.24) is 9.80 Å². The summed E-state index contributed by atoms with van der Waals surface area (Å²) in [5.74, 6) is -0.752. The van der Waals surface area contributed by atoms with Crippen LogP contribution >= 0.6 is 0 Å². The van der Waals surface area contributed by atoms with Gasteiger partial charge in [-0.2, -0.15) is 0 Å². The van der Waals surface area contributed by atoms with Crippen molar-refractivity contribution < 1.29 is 29.4 Å². The summed E-state index contributed by atoms with van der Waals surface area (Å²) in [6.45, 7) is 13.5. The van der Waals surface area contributed by atoms with Gasteiger partial charge in [-0.25, -0.2) is 0 Å². The fourth-order valence-electron chi connectivity index (χ4n) is 8.34. The molecule has 0 saturated heterocycles. The summed E-state index contributed by atoms with van der Waals surface area (Å²) in [5, 5.41) is 24.5. The standard InChI is InChI=1S/C51H48N4O6/c1-29(2)25-54-47(58)39-11-7-9-37-35(15-17-41(45(37)39)49(54)60)31-13-19-43(56)33(21-31)23-52-27-51(5,6)28-53-24-34-22-32(14-20-44(34)57)36-16-18-42-46-38(36)10-8-12-40(46)48(59)55(50(42)61)26-30(3)4/h7-24,29-30,56-57H,25-28H2,1-6H3. The van der Waals surface area contributed by atoms with Crippen molar-refractivity contribution >= 4 is 57.6 Å². The van der Waals surface area contributed by atoms with Crippen LogP contribution in [0.25, 0.3) is 43.8 Å². The zero-order chi connectivity index (χ0) is 43.3. The van der Waals surface area contributed by atoms with E-state index in [0.29, 0.717) is 70.3 Å². The molecule has 0 bridgehead atoms. The lowest BCUT2D eigenvalue weighted by molar-refractivity contribution is 0.0577.